The Morgan fingerprint density at radius 1 is 1.11 bits per heavy atom. The molecule has 141 valence electrons. The average molecular weight is 390 g/mol. The van der Waals surface area contributed by atoms with Crippen molar-refractivity contribution in [3.05, 3.63) is 82.8 Å². The molecule has 0 N–H and O–H groups in total. The van der Waals surface area contributed by atoms with Gasteiger partial charge >= 0.3 is 0 Å². The highest BCUT2D eigenvalue weighted by Gasteiger charge is 2.12. The van der Waals surface area contributed by atoms with Gasteiger partial charge in [0, 0.05) is 49.7 Å². The lowest BCUT2D eigenvalue weighted by atomic mass is 10.2. The fourth-order valence-electron chi connectivity index (χ4n) is 2.91. The lowest BCUT2D eigenvalue weighted by Crippen LogP contribution is -2.27. The predicted octanol–water partition coefficient (Wildman–Crippen LogP) is 3.73. The monoisotopic (exact) mass is 389 g/mol. The first-order chi connectivity index (χ1) is 13.8. The van der Waals surface area contributed by atoms with Crippen LogP contribution in [0.3, 0.4) is 0 Å². The highest BCUT2D eigenvalue weighted by molar-refractivity contribution is 7.07. The van der Waals surface area contributed by atoms with Gasteiger partial charge in [-0.25, -0.2) is 19.6 Å². The van der Waals surface area contributed by atoms with Crippen LogP contribution < -0.4 is 4.90 Å². The van der Waals surface area contributed by atoms with Gasteiger partial charge in [-0.05, 0) is 35.7 Å². The van der Waals surface area contributed by atoms with Gasteiger partial charge in [-0.15, -0.1) is 11.3 Å². The van der Waals surface area contributed by atoms with E-state index in [4.69, 9.17) is 0 Å². The Morgan fingerprint density at radius 2 is 1.93 bits per heavy atom. The average Bonchev–Trinajstić information content (AvgIpc) is 3.46. The summed E-state index contributed by atoms with van der Waals surface area (Å²) in [7, 11) is 0. The summed E-state index contributed by atoms with van der Waals surface area (Å²) in [6, 6.07) is 10.3. The summed E-state index contributed by atoms with van der Waals surface area (Å²) in [5.41, 5.74) is 7.34. The third-order valence-corrected chi connectivity index (χ3v) is 5.12. The van der Waals surface area contributed by atoms with Crippen molar-refractivity contribution >= 4 is 17.3 Å². The molecule has 0 aliphatic rings. The van der Waals surface area contributed by atoms with Gasteiger partial charge in [-0.3, -0.25) is 0 Å². The summed E-state index contributed by atoms with van der Waals surface area (Å²) >= 11 is 1.50. The molecule has 0 fully saturated rings. The SMILES string of the molecule is CCc1cnc(N(CCc2cs[c]n2)Cc2ccc(-n3cccn3)cc2)nc1. The minimum absolute atomic E-state index is 0.735. The number of hydrogen-bond acceptors (Lipinski definition) is 6. The van der Waals surface area contributed by atoms with E-state index in [2.05, 4.69) is 61.7 Å². The smallest absolute Gasteiger partial charge is 0.225 e. The highest BCUT2D eigenvalue weighted by atomic mass is 32.1. The van der Waals surface area contributed by atoms with Crippen molar-refractivity contribution in [3.8, 4) is 5.69 Å². The molecule has 0 aliphatic heterocycles. The van der Waals surface area contributed by atoms with Crippen molar-refractivity contribution in [2.45, 2.75) is 26.3 Å². The molecule has 0 aliphatic carbocycles. The molecular formula is C21H21N6S. The van der Waals surface area contributed by atoms with Gasteiger partial charge in [0.25, 0.3) is 0 Å². The Hall–Kier alpha value is -3.06. The lowest BCUT2D eigenvalue weighted by molar-refractivity contribution is 0.742. The molecule has 0 saturated heterocycles. The number of aromatic nitrogens is 5. The zero-order valence-electron chi connectivity index (χ0n) is 15.7. The van der Waals surface area contributed by atoms with Gasteiger partial charge in [0.05, 0.1) is 11.4 Å². The number of rotatable bonds is 8. The number of benzene rings is 1. The zero-order valence-corrected chi connectivity index (χ0v) is 16.5. The second-order valence-electron chi connectivity index (χ2n) is 6.46. The van der Waals surface area contributed by atoms with E-state index in [0.717, 1.165) is 48.8 Å². The van der Waals surface area contributed by atoms with Crippen molar-refractivity contribution in [2.75, 3.05) is 11.4 Å². The Kier molecular flexibility index (Phi) is 5.72. The van der Waals surface area contributed by atoms with Crippen molar-refractivity contribution < 1.29 is 0 Å². The number of hydrogen-bond donors (Lipinski definition) is 0. The molecule has 0 unspecified atom stereocenters. The van der Waals surface area contributed by atoms with E-state index in [-0.39, 0.29) is 0 Å². The van der Waals surface area contributed by atoms with Gasteiger partial charge in [0.1, 0.15) is 0 Å². The van der Waals surface area contributed by atoms with Crippen molar-refractivity contribution in [3.63, 3.8) is 0 Å². The van der Waals surface area contributed by atoms with E-state index in [0.29, 0.717) is 0 Å². The molecule has 1 aromatic carbocycles. The molecule has 0 spiro atoms. The van der Waals surface area contributed by atoms with Crippen LogP contribution >= 0.6 is 11.3 Å². The summed E-state index contributed by atoms with van der Waals surface area (Å²) in [5, 5.41) is 6.32. The van der Waals surface area contributed by atoms with Crippen LogP contribution in [-0.4, -0.2) is 31.3 Å². The van der Waals surface area contributed by atoms with E-state index in [1.165, 1.54) is 16.9 Å². The van der Waals surface area contributed by atoms with Crippen LogP contribution in [0.5, 0.6) is 0 Å². The normalized spacial score (nSPS) is 10.9. The van der Waals surface area contributed by atoms with E-state index in [9.17, 15) is 0 Å². The summed E-state index contributed by atoms with van der Waals surface area (Å²) < 4.78 is 1.85. The van der Waals surface area contributed by atoms with E-state index in [1.807, 2.05) is 34.7 Å². The maximum absolute atomic E-state index is 4.58. The fraction of sp³-hybridized carbons (Fsp3) is 0.238. The number of aryl methyl sites for hydroxylation is 1. The van der Waals surface area contributed by atoms with Crippen molar-refractivity contribution in [1.29, 1.82) is 0 Å². The van der Waals surface area contributed by atoms with Gasteiger partial charge in [0.2, 0.25) is 5.95 Å². The lowest BCUT2D eigenvalue weighted by Gasteiger charge is -2.22. The molecule has 4 rings (SSSR count). The summed E-state index contributed by atoms with van der Waals surface area (Å²) in [5.74, 6) is 0.743. The van der Waals surface area contributed by atoms with Gasteiger partial charge in [-0.2, -0.15) is 5.10 Å². The van der Waals surface area contributed by atoms with Gasteiger partial charge in [-0.1, -0.05) is 19.1 Å². The fourth-order valence-corrected chi connectivity index (χ4v) is 3.44. The minimum Gasteiger partial charge on any atom is -0.336 e. The molecule has 0 bridgehead atoms. The van der Waals surface area contributed by atoms with Crippen LogP contribution in [0.15, 0.2) is 60.5 Å². The molecular weight excluding hydrogens is 368 g/mol. The second-order valence-corrected chi connectivity index (χ2v) is 7.12. The summed E-state index contributed by atoms with van der Waals surface area (Å²) in [4.78, 5) is 15.6. The maximum atomic E-state index is 4.58. The van der Waals surface area contributed by atoms with Crippen LogP contribution in [0.25, 0.3) is 5.69 Å². The number of nitrogens with zero attached hydrogens (tertiary/aromatic N) is 6. The van der Waals surface area contributed by atoms with E-state index < -0.39 is 0 Å². The zero-order chi connectivity index (χ0) is 19.2. The largest absolute Gasteiger partial charge is 0.336 e. The number of anilines is 1. The third-order valence-electron chi connectivity index (χ3n) is 4.54. The third kappa shape index (κ3) is 4.43. The predicted molar refractivity (Wildman–Crippen MR) is 111 cm³/mol. The second kappa shape index (κ2) is 8.75. The first-order valence-corrected chi connectivity index (χ1v) is 10.1. The molecule has 4 aromatic rings. The molecule has 3 heterocycles. The van der Waals surface area contributed by atoms with Gasteiger partial charge in [0.15, 0.2) is 5.51 Å². The number of thiazole rings is 1. The van der Waals surface area contributed by atoms with E-state index >= 15 is 0 Å². The molecule has 0 saturated carbocycles. The minimum atomic E-state index is 0.735. The van der Waals surface area contributed by atoms with Crippen LogP contribution in [0.2, 0.25) is 0 Å². The van der Waals surface area contributed by atoms with Crippen molar-refractivity contribution in [1.82, 2.24) is 24.7 Å². The van der Waals surface area contributed by atoms with Crippen LogP contribution in [-0.2, 0) is 19.4 Å². The molecule has 3 aromatic heterocycles. The summed E-state index contributed by atoms with van der Waals surface area (Å²) in [6.07, 6.45) is 9.31. The van der Waals surface area contributed by atoms with Crippen LogP contribution in [0.1, 0.15) is 23.7 Å². The maximum Gasteiger partial charge on any atom is 0.225 e. The van der Waals surface area contributed by atoms with Gasteiger partial charge < -0.3 is 4.90 Å². The first-order valence-electron chi connectivity index (χ1n) is 9.27. The Balaban J connectivity index is 1.51. The van der Waals surface area contributed by atoms with Crippen molar-refractivity contribution in [2.24, 2.45) is 0 Å². The molecule has 28 heavy (non-hydrogen) atoms. The topological polar surface area (TPSA) is 59.7 Å². The Morgan fingerprint density at radius 3 is 2.57 bits per heavy atom. The standard InChI is InChI=1S/C21H21N6S/c1-2-17-12-22-21(23-13-17)26(11-8-19-15-28-16-24-19)14-18-4-6-20(7-5-18)27-10-3-9-25-27/h3-7,9-10,12-13,15H,2,8,11,14H2,1H3. The van der Waals surface area contributed by atoms with Crippen LogP contribution in [0, 0.1) is 5.51 Å². The first kappa shape index (κ1) is 18.3. The molecule has 6 nitrogen and oxygen atoms in total. The molecule has 0 atom stereocenters. The highest BCUT2D eigenvalue weighted by Crippen LogP contribution is 2.16. The molecule has 7 heteroatoms. The Labute approximate surface area is 168 Å². The Bertz CT molecular complexity index is 963. The molecule has 1 radical (unpaired) electrons. The molecule has 0 amide bonds. The van der Waals surface area contributed by atoms with E-state index in [1.54, 1.807) is 6.20 Å². The quantitative estimate of drug-likeness (QED) is 0.460. The van der Waals surface area contributed by atoms with Crippen LogP contribution in [0.4, 0.5) is 5.95 Å². The summed E-state index contributed by atoms with van der Waals surface area (Å²) in [6.45, 7) is 3.64.